The van der Waals surface area contributed by atoms with E-state index in [1.165, 1.54) is 11.1 Å². The third-order valence-corrected chi connectivity index (χ3v) is 2.70. The molecule has 0 fully saturated rings. The van der Waals surface area contributed by atoms with Crippen molar-refractivity contribution in [2.24, 2.45) is 0 Å². The van der Waals surface area contributed by atoms with Crippen LogP contribution in [0.25, 0.3) is 6.08 Å². The van der Waals surface area contributed by atoms with E-state index >= 15 is 0 Å². The van der Waals surface area contributed by atoms with E-state index in [1.54, 1.807) is 0 Å². The van der Waals surface area contributed by atoms with E-state index in [9.17, 15) is 0 Å². The van der Waals surface area contributed by atoms with Crippen molar-refractivity contribution in [3.05, 3.63) is 77.9 Å². The summed E-state index contributed by atoms with van der Waals surface area (Å²) in [7, 11) is 0. The largest absolute Gasteiger partial charge is 0.0767 e. The minimum Gasteiger partial charge on any atom is -0.0767 e. The standard InChI is InChI=1S/C16H16/c1-14(16-10-6-3-7-11-16)12-13-15-8-4-2-5-9-15/h2-14H,1H3/b13-12+/t14-/m1/s1. The van der Waals surface area contributed by atoms with Crippen molar-refractivity contribution in [2.45, 2.75) is 12.8 Å². The van der Waals surface area contributed by atoms with Gasteiger partial charge in [0, 0.05) is 0 Å². The number of hydrogen-bond acceptors (Lipinski definition) is 0. The molecule has 0 aliphatic heterocycles. The van der Waals surface area contributed by atoms with Crippen molar-refractivity contribution in [1.29, 1.82) is 0 Å². The highest BCUT2D eigenvalue weighted by atomic mass is 14.0. The first kappa shape index (κ1) is 10.7. The molecule has 80 valence electrons. The van der Waals surface area contributed by atoms with Gasteiger partial charge in [-0.15, -0.1) is 0 Å². The Balaban J connectivity index is 2.08. The molecule has 0 heterocycles. The van der Waals surface area contributed by atoms with Crippen LogP contribution in [0, 0.1) is 0 Å². The first-order valence-corrected chi connectivity index (χ1v) is 5.64. The van der Waals surface area contributed by atoms with Crippen LogP contribution in [0.15, 0.2) is 66.7 Å². The molecule has 0 amide bonds. The predicted octanol–water partition coefficient (Wildman–Crippen LogP) is 4.50. The van der Waals surface area contributed by atoms with Crippen LogP contribution in [0.5, 0.6) is 0 Å². The highest BCUT2D eigenvalue weighted by Crippen LogP contribution is 2.17. The average Bonchev–Trinajstić information content (AvgIpc) is 2.38. The Labute approximate surface area is 97.3 Å². The molecule has 2 rings (SSSR count). The van der Waals surface area contributed by atoms with Gasteiger partial charge in [0.1, 0.15) is 0 Å². The Morgan fingerprint density at radius 3 is 2.00 bits per heavy atom. The fraction of sp³-hybridized carbons (Fsp3) is 0.125. The van der Waals surface area contributed by atoms with Crippen LogP contribution in [0.4, 0.5) is 0 Å². The summed E-state index contributed by atoms with van der Waals surface area (Å²) in [4.78, 5) is 0. The van der Waals surface area contributed by atoms with E-state index in [2.05, 4.69) is 73.7 Å². The molecule has 2 aromatic rings. The molecule has 0 aromatic heterocycles. The Morgan fingerprint density at radius 2 is 1.38 bits per heavy atom. The molecule has 0 heteroatoms. The summed E-state index contributed by atoms with van der Waals surface area (Å²) in [5, 5.41) is 0. The molecule has 0 spiro atoms. The molecule has 0 bridgehead atoms. The Hall–Kier alpha value is -1.82. The van der Waals surface area contributed by atoms with E-state index in [0.717, 1.165) is 0 Å². The van der Waals surface area contributed by atoms with Gasteiger partial charge >= 0.3 is 0 Å². The zero-order chi connectivity index (χ0) is 11.2. The maximum Gasteiger partial charge on any atom is -0.000711 e. The monoisotopic (exact) mass is 208 g/mol. The van der Waals surface area contributed by atoms with E-state index in [-0.39, 0.29) is 0 Å². The van der Waals surface area contributed by atoms with Gasteiger partial charge in [-0.2, -0.15) is 0 Å². The van der Waals surface area contributed by atoms with Gasteiger partial charge in [0.05, 0.1) is 0 Å². The zero-order valence-corrected chi connectivity index (χ0v) is 9.51. The third kappa shape index (κ3) is 2.83. The molecular weight excluding hydrogens is 192 g/mol. The number of hydrogen-bond donors (Lipinski definition) is 0. The van der Waals surface area contributed by atoms with Crippen LogP contribution < -0.4 is 0 Å². The normalized spacial score (nSPS) is 12.8. The van der Waals surface area contributed by atoms with Gasteiger partial charge in [-0.25, -0.2) is 0 Å². The summed E-state index contributed by atoms with van der Waals surface area (Å²) in [5.74, 6) is 0.460. The van der Waals surface area contributed by atoms with Crippen LogP contribution in [0.3, 0.4) is 0 Å². The van der Waals surface area contributed by atoms with Gasteiger partial charge < -0.3 is 0 Å². The lowest BCUT2D eigenvalue weighted by Crippen LogP contribution is -1.87. The lowest BCUT2D eigenvalue weighted by Gasteiger charge is -2.05. The SMILES string of the molecule is C[C@H](/C=C/c1ccccc1)c1ccccc1. The molecule has 0 aliphatic rings. The van der Waals surface area contributed by atoms with Gasteiger partial charge in [-0.05, 0) is 17.0 Å². The van der Waals surface area contributed by atoms with Gasteiger partial charge in [0.2, 0.25) is 0 Å². The fourth-order valence-electron chi connectivity index (χ4n) is 1.69. The quantitative estimate of drug-likeness (QED) is 0.696. The van der Waals surface area contributed by atoms with Gasteiger partial charge in [-0.1, -0.05) is 79.7 Å². The summed E-state index contributed by atoms with van der Waals surface area (Å²) in [6.45, 7) is 2.22. The van der Waals surface area contributed by atoms with Crippen molar-refractivity contribution in [2.75, 3.05) is 0 Å². The van der Waals surface area contributed by atoms with Crippen molar-refractivity contribution >= 4 is 6.08 Å². The molecule has 0 saturated carbocycles. The fourth-order valence-corrected chi connectivity index (χ4v) is 1.69. The molecule has 0 nitrogen and oxygen atoms in total. The van der Waals surface area contributed by atoms with Crippen LogP contribution in [-0.2, 0) is 0 Å². The number of rotatable bonds is 3. The second-order valence-electron chi connectivity index (χ2n) is 3.97. The second-order valence-corrected chi connectivity index (χ2v) is 3.97. The smallest absolute Gasteiger partial charge is 0.000711 e. The molecule has 16 heavy (non-hydrogen) atoms. The van der Waals surface area contributed by atoms with Crippen molar-refractivity contribution in [3.8, 4) is 0 Å². The maximum absolute atomic E-state index is 2.24. The summed E-state index contributed by atoms with van der Waals surface area (Å²) >= 11 is 0. The lowest BCUT2D eigenvalue weighted by molar-refractivity contribution is 0.973. The van der Waals surface area contributed by atoms with Gasteiger partial charge in [-0.3, -0.25) is 0 Å². The van der Waals surface area contributed by atoms with Crippen molar-refractivity contribution < 1.29 is 0 Å². The van der Waals surface area contributed by atoms with E-state index in [1.807, 2.05) is 6.07 Å². The van der Waals surface area contributed by atoms with E-state index < -0.39 is 0 Å². The minimum absolute atomic E-state index is 0.460. The highest BCUT2D eigenvalue weighted by Gasteiger charge is 1.98. The first-order chi connectivity index (χ1) is 7.86. The van der Waals surface area contributed by atoms with Crippen LogP contribution in [-0.4, -0.2) is 0 Å². The van der Waals surface area contributed by atoms with Crippen LogP contribution in [0.2, 0.25) is 0 Å². The van der Waals surface area contributed by atoms with E-state index in [4.69, 9.17) is 0 Å². The average molecular weight is 208 g/mol. The second kappa shape index (κ2) is 5.32. The molecule has 0 aliphatic carbocycles. The summed E-state index contributed by atoms with van der Waals surface area (Å²) in [5.41, 5.74) is 2.61. The summed E-state index contributed by atoms with van der Waals surface area (Å²) < 4.78 is 0. The summed E-state index contributed by atoms with van der Waals surface area (Å²) in [6.07, 6.45) is 4.42. The zero-order valence-electron chi connectivity index (χ0n) is 9.51. The molecule has 1 atom stereocenters. The number of benzene rings is 2. The molecule has 0 unspecified atom stereocenters. The molecule has 2 aromatic carbocycles. The Morgan fingerprint density at radius 1 is 0.812 bits per heavy atom. The van der Waals surface area contributed by atoms with Gasteiger partial charge in [0.15, 0.2) is 0 Å². The lowest BCUT2D eigenvalue weighted by atomic mass is 10.00. The highest BCUT2D eigenvalue weighted by molar-refractivity contribution is 5.50. The number of allylic oxidation sites excluding steroid dienone is 1. The Kier molecular flexibility index (Phi) is 3.55. The molecule has 0 radical (unpaired) electrons. The molecular formula is C16H16. The summed E-state index contributed by atoms with van der Waals surface area (Å²) in [6, 6.07) is 21.0. The third-order valence-electron chi connectivity index (χ3n) is 2.70. The van der Waals surface area contributed by atoms with Crippen LogP contribution >= 0.6 is 0 Å². The molecule has 0 N–H and O–H groups in total. The minimum atomic E-state index is 0.460. The van der Waals surface area contributed by atoms with Crippen molar-refractivity contribution in [3.63, 3.8) is 0 Å². The topological polar surface area (TPSA) is 0 Å². The molecule has 0 saturated heterocycles. The van der Waals surface area contributed by atoms with Gasteiger partial charge in [0.25, 0.3) is 0 Å². The van der Waals surface area contributed by atoms with Crippen molar-refractivity contribution in [1.82, 2.24) is 0 Å². The Bertz CT molecular complexity index is 440. The first-order valence-electron chi connectivity index (χ1n) is 5.64. The maximum atomic E-state index is 2.24. The predicted molar refractivity (Wildman–Crippen MR) is 70.3 cm³/mol. The van der Waals surface area contributed by atoms with Crippen LogP contribution in [0.1, 0.15) is 24.0 Å². The van der Waals surface area contributed by atoms with E-state index in [0.29, 0.717) is 5.92 Å².